The third-order valence-corrected chi connectivity index (χ3v) is 5.45. The van der Waals surface area contributed by atoms with Gasteiger partial charge in [0.25, 0.3) is 0 Å². The smallest absolute Gasteiger partial charge is 0.207 e. The highest BCUT2D eigenvalue weighted by atomic mass is 32.1. The minimum absolute atomic E-state index is 0.220. The monoisotopic (exact) mass is 620 g/mol. The molecule has 214 valence electrons. The van der Waals surface area contributed by atoms with Gasteiger partial charge in [0.05, 0.1) is 35.3 Å². The summed E-state index contributed by atoms with van der Waals surface area (Å²) in [5.74, 6) is 0. The van der Waals surface area contributed by atoms with E-state index in [4.69, 9.17) is 48.9 Å². The molecule has 14 nitrogen and oxygen atoms in total. The van der Waals surface area contributed by atoms with Crippen molar-refractivity contribution in [3.63, 3.8) is 0 Å². The number of benzene rings is 1. The third kappa shape index (κ3) is 14.8. The van der Waals surface area contributed by atoms with Crippen LogP contribution in [0.5, 0.6) is 0 Å². The Hall–Kier alpha value is -4.00. The second kappa shape index (κ2) is 19.1. The molecule has 40 heavy (non-hydrogen) atoms. The molecule has 0 saturated carbocycles. The average Bonchev–Trinajstić information content (AvgIpc) is 2.96. The van der Waals surface area contributed by atoms with Gasteiger partial charge in [-0.15, -0.1) is 0 Å². The lowest BCUT2D eigenvalue weighted by Crippen LogP contribution is -2.31. The number of hydrogen-bond acceptors (Lipinski definition) is 10. The zero-order valence-corrected chi connectivity index (χ0v) is 26.0. The fraction of sp³-hybridized carbons (Fsp3) is 0.273. The largest absolute Gasteiger partial charge is 0.364 e. The lowest BCUT2D eigenvalue weighted by Gasteiger charge is -2.05. The van der Waals surface area contributed by atoms with Gasteiger partial charge >= 0.3 is 0 Å². The summed E-state index contributed by atoms with van der Waals surface area (Å²) in [4.78, 5) is 0. The first-order valence-corrected chi connectivity index (χ1v) is 13.1. The Kier molecular flexibility index (Phi) is 16.3. The van der Waals surface area contributed by atoms with Crippen LogP contribution in [0, 0.1) is 0 Å². The van der Waals surface area contributed by atoms with Gasteiger partial charge in [0, 0.05) is 14.1 Å². The van der Waals surface area contributed by atoms with Crippen LogP contribution in [0.4, 0.5) is 0 Å². The van der Waals surface area contributed by atoms with Gasteiger partial charge in [0.2, 0.25) is 10.2 Å². The molecule has 0 fully saturated rings. The van der Waals surface area contributed by atoms with Crippen molar-refractivity contribution in [2.75, 3.05) is 14.1 Å². The van der Waals surface area contributed by atoms with Crippen molar-refractivity contribution < 1.29 is 0 Å². The molecule has 1 aromatic carbocycles. The van der Waals surface area contributed by atoms with Crippen LogP contribution in [-0.2, 0) is 0 Å². The number of hydrogen-bond donors (Lipinski definition) is 8. The van der Waals surface area contributed by atoms with Crippen LogP contribution in [0.3, 0.4) is 0 Å². The minimum atomic E-state index is 0.220. The Balaban J connectivity index is 2.49. The number of hydrazone groups is 6. The average molecular weight is 621 g/mol. The van der Waals surface area contributed by atoms with Crippen LogP contribution in [0.1, 0.15) is 38.8 Å². The highest BCUT2D eigenvalue weighted by Crippen LogP contribution is 2.00. The van der Waals surface area contributed by atoms with E-state index in [2.05, 4.69) is 73.8 Å². The highest BCUT2D eigenvalue weighted by molar-refractivity contribution is 7.80. The zero-order valence-electron chi connectivity index (χ0n) is 22.8. The first kappa shape index (κ1) is 34.0. The molecule has 0 unspecified atom stereocenters. The molecule has 0 heterocycles. The third-order valence-electron chi connectivity index (χ3n) is 4.50. The topological polar surface area (TPSA) is 170 Å². The van der Waals surface area contributed by atoms with Gasteiger partial charge in [-0.2, -0.15) is 30.6 Å². The van der Waals surface area contributed by atoms with E-state index in [1.807, 2.05) is 24.3 Å². The molecule has 0 amide bonds. The Morgan fingerprint density at radius 1 is 0.500 bits per heavy atom. The molecule has 0 aromatic heterocycles. The molecule has 1 rings (SSSR count). The number of nitrogens with zero attached hydrogens (tertiary/aromatic N) is 6. The first-order chi connectivity index (χ1) is 19.0. The summed E-state index contributed by atoms with van der Waals surface area (Å²) in [5, 5.41) is 31.5. The van der Waals surface area contributed by atoms with Crippen molar-refractivity contribution in [1.82, 2.24) is 43.2 Å². The van der Waals surface area contributed by atoms with Crippen molar-refractivity contribution in [3.8, 4) is 0 Å². The van der Waals surface area contributed by atoms with E-state index >= 15 is 0 Å². The molecule has 0 aliphatic heterocycles. The maximum atomic E-state index is 5.17. The minimum Gasteiger partial charge on any atom is -0.364 e. The van der Waals surface area contributed by atoms with E-state index in [9.17, 15) is 0 Å². The molecular formula is C22H32N14S4. The Morgan fingerprint density at radius 2 is 0.775 bits per heavy atom. The van der Waals surface area contributed by atoms with Gasteiger partial charge in [-0.3, -0.25) is 32.6 Å². The molecule has 1 aromatic rings. The van der Waals surface area contributed by atoms with Gasteiger partial charge in [0.15, 0.2) is 10.2 Å². The zero-order chi connectivity index (χ0) is 29.9. The van der Waals surface area contributed by atoms with Crippen LogP contribution in [0.2, 0.25) is 0 Å². The second-order valence-corrected chi connectivity index (χ2v) is 9.09. The van der Waals surface area contributed by atoms with E-state index in [0.29, 0.717) is 33.1 Å². The van der Waals surface area contributed by atoms with E-state index in [0.717, 1.165) is 11.1 Å². The normalized spacial score (nSPS) is 12.6. The lowest BCUT2D eigenvalue weighted by atomic mass is 10.2. The van der Waals surface area contributed by atoms with Crippen molar-refractivity contribution in [2.24, 2.45) is 30.6 Å². The van der Waals surface area contributed by atoms with Gasteiger partial charge in [0.1, 0.15) is 0 Å². The van der Waals surface area contributed by atoms with Gasteiger partial charge in [-0.05, 0) is 87.7 Å². The number of thiocarbonyl (C=S) groups is 4. The molecule has 0 aliphatic carbocycles. The molecule has 0 radical (unpaired) electrons. The van der Waals surface area contributed by atoms with Crippen molar-refractivity contribution in [2.45, 2.75) is 27.7 Å². The summed E-state index contributed by atoms with van der Waals surface area (Å²) in [7, 11) is 3.40. The fourth-order valence-corrected chi connectivity index (χ4v) is 2.31. The van der Waals surface area contributed by atoms with Gasteiger partial charge < -0.3 is 10.6 Å². The molecule has 0 saturated heterocycles. The molecule has 8 N–H and O–H groups in total. The maximum Gasteiger partial charge on any atom is 0.207 e. The fourth-order valence-electron chi connectivity index (χ4n) is 2.02. The van der Waals surface area contributed by atoms with Crippen LogP contribution in [0.25, 0.3) is 0 Å². The molecule has 0 spiro atoms. The van der Waals surface area contributed by atoms with Crippen molar-refractivity contribution in [3.05, 3.63) is 35.4 Å². The quantitative estimate of drug-likeness (QED) is 0.106. The van der Waals surface area contributed by atoms with Crippen molar-refractivity contribution in [1.29, 1.82) is 0 Å². The van der Waals surface area contributed by atoms with E-state index in [1.165, 1.54) is 0 Å². The molecule has 0 aliphatic rings. The predicted molar refractivity (Wildman–Crippen MR) is 181 cm³/mol. The van der Waals surface area contributed by atoms with E-state index < -0.39 is 0 Å². The number of nitrogens with one attached hydrogen (secondary N) is 8. The number of rotatable bonds is 10. The molecular weight excluding hydrogens is 589 g/mol. The first-order valence-electron chi connectivity index (χ1n) is 11.5. The Labute approximate surface area is 254 Å². The summed E-state index contributed by atoms with van der Waals surface area (Å²) in [6.45, 7) is 7.13. The van der Waals surface area contributed by atoms with Gasteiger partial charge in [-0.25, -0.2) is 0 Å². The van der Waals surface area contributed by atoms with Crippen LogP contribution in [-0.4, -0.2) is 69.8 Å². The Morgan fingerprint density at radius 3 is 1.05 bits per heavy atom. The summed E-state index contributed by atoms with van der Waals surface area (Å²) in [5.41, 5.74) is 20.4. The molecule has 0 atom stereocenters. The summed E-state index contributed by atoms with van der Waals surface area (Å²) < 4.78 is 0. The second-order valence-electron chi connectivity index (χ2n) is 7.46. The summed E-state index contributed by atoms with van der Waals surface area (Å²) in [6, 6.07) is 7.48. The summed E-state index contributed by atoms with van der Waals surface area (Å²) >= 11 is 20.3. The van der Waals surface area contributed by atoms with Crippen LogP contribution >= 0.6 is 48.9 Å². The standard InChI is InChI=1S/C22H32N14S4/c1-13(27-33-19(37)23-5)15(3)29-35-21(39)31-25-11-17-7-9-18(10-8-17)12-26-32-22(40)36-30-16(4)14(2)28-34-20(38)24-6/h7-12H,1-6H3,(H2,23,33,37)(H2,24,34,38)(H2,31,35,39)(H2,32,36,40)/b25-11+,26-12+,27-13+,28-14+,29-15+,30-16+. The SMILES string of the molecule is CNC(=S)N/N=C(C)/C(C)=N/NC(=S)N/N=C/c1ccc(/C=N/NC(=S)N/N=C(C)/C(C)=N/NC(=S)NC)cc1. The molecule has 18 heteroatoms. The summed E-state index contributed by atoms with van der Waals surface area (Å²) in [6.07, 6.45) is 3.23. The van der Waals surface area contributed by atoms with Crippen LogP contribution in [0.15, 0.2) is 54.9 Å². The van der Waals surface area contributed by atoms with Crippen LogP contribution < -0.4 is 43.2 Å². The van der Waals surface area contributed by atoms with E-state index in [-0.39, 0.29) is 10.2 Å². The molecule has 0 bridgehead atoms. The maximum absolute atomic E-state index is 5.17. The predicted octanol–water partition coefficient (Wildman–Crippen LogP) is 0.974. The Bertz CT molecular complexity index is 1140. The lowest BCUT2D eigenvalue weighted by molar-refractivity contribution is 0.929. The highest BCUT2D eigenvalue weighted by Gasteiger charge is 2.00. The van der Waals surface area contributed by atoms with Gasteiger partial charge in [-0.1, -0.05) is 24.3 Å². The van der Waals surface area contributed by atoms with E-state index in [1.54, 1.807) is 54.2 Å². The van der Waals surface area contributed by atoms with Crippen molar-refractivity contribution >= 4 is 105 Å².